The number of pyridine rings is 1. The first-order valence-corrected chi connectivity index (χ1v) is 12.0. The fourth-order valence-electron chi connectivity index (χ4n) is 4.45. The zero-order chi connectivity index (χ0) is 22.1. The number of hydrogen-bond acceptors (Lipinski definition) is 5. The van der Waals surface area contributed by atoms with E-state index in [4.69, 9.17) is 19.5 Å². The minimum atomic E-state index is 0.229. The first kappa shape index (κ1) is 21.3. The van der Waals surface area contributed by atoms with Gasteiger partial charge in [0.25, 0.3) is 0 Å². The molecule has 3 aromatic rings. The van der Waals surface area contributed by atoms with Crippen molar-refractivity contribution in [3.05, 3.63) is 64.7 Å². The van der Waals surface area contributed by atoms with Crippen molar-refractivity contribution in [2.75, 3.05) is 20.3 Å². The summed E-state index contributed by atoms with van der Waals surface area (Å²) in [4.78, 5) is 12.4. The summed E-state index contributed by atoms with van der Waals surface area (Å²) in [6.45, 7) is 7.36. The zero-order valence-electron chi connectivity index (χ0n) is 18.9. The number of aromatic nitrogens is 1. The van der Waals surface area contributed by atoms with Crippen LogP contribution in [0.3, 0.4) is 0 Å². The van der Waals surface area contributed by atoms with Crippen LogP contribution in [0.25, 0.3) is 10.9 Å². The molecule has 0 aliphatic carbocycles. The van der Waals surface area contributed by atoms with Gasteiger partial charge in [-0.05, 0) is 61.7 Å². The number of nitrogens with zero attached hydrogens (tertiary/aromatic N) is 3. The van der Waals surface area contributed by atoms with Crippen LogP contribution >= 0.6 is 11.8 Å². The Labute approximate surface area is 193 Å². The summed E-state index contributed by atoms with van der Waals surface area (Å²) in [5, 5.41) is 3.31. The van der Waals surface area contributed by atoms with Crippen LogP contribution in [0.2, 0.25) is 0 Å². The van der Waals surface area contributed by atoms with Gasteiger partial charge >= 0.3 is 0 Å². The second-order valence-corrected chi connectivity index (χ2v) is 9.53. The van der Waals surface area contributed by atoms with E-state index in [0.29, 0.717) is 6.54 Å². The lowest BCUT2D eigenvalue weighted by Crippen LogP contribution is -2.32. The van der Waals surface area contributed by atoms with E-state index in [2.05, 4.69) is 49.1 Å². The molecule has 32 heavy (non-hydrogen) atoms. The summed E-state index contributed by atoms with van der Waals surface area (Å²) >= 11 is 1.68. The number of methoxy groups -OCH3 is 1. The number of thioether (sulfide) groups is 1. The van der Waals surface area contributed by atoms with Crippen LogP contribution in [0.1, 0.15) is 35.1 Å². The third-order valence-corrected chi connectivity index (χ3v) is 7.39. The Bertz CT molecular complexity index is 1170. The molecule has 0 amide bonds. The van der Waals surface area contributed by atoms with E-state index in [1.165, 1.54) is 22.1 Å². The molecule has 5 nitrogen and oxygen atoms in total. The lowest BCUT2D eigenvalue weighted by atomic mass is 10.0. The minimum absolute atomic E-state index is 0.229. The molecule has 0 radical (unpaired) electrons. The molecule has 2 aliphatic rings. The van der Waals surface area contributed by atoms with Crippen LogP contribution in [0.5, 0.6) is 5.75 Å². The molecule has 1 atom stereocenters. The van der Waals surface area contributed by atoms with Crippen LogP contribution in [0.15, 0.2) is 52.5 Å². The minimum Gasteiger partial charge on any atom is -0.496 e. The van der Waals surface area contributed by atoms with Gasteiger partial charge in [-0.3, -0.25) is 4.99 Å². The standard InChI is InChI=1S/C26H29N3O2S/c1-17-10-11-18(2)24-22(17)13-20-16-29(15-19-7-4-5-9-23(19)30-3)26(32-25(20)28-24)27-14-21-8-6-12-31-21/h4-5,7,9-11,13,21H,6,8,12,14-16H2,1-3H3. The molecule has 0 N–H and O–H groups in total. The zero-order valence-corrected chi connectivity index (χ0v) is 19.7. The number of aryl methyl sites for hydroxylation is 2. The van der Waals surface area contributed by atoms with E-state index in [1.807, 2.05) is 12.1 Å². The van der Waals surface area contributed by atoms with E-state index >= 15 is 0 Å². The molecule has 1 saturated heterocycles. The Morgan fingerprint density at radius 2 is 2.03 bits per heavy atom. The maximum atomic E-state index is 5.82. The fraction of sp³-hybridized carbons (Fsp3) is 0.385. The molecule has 0 saturated carbocycles. The van der Waals surface area contributed by atoms with Gasteiger partial charge in [0.15, 0.2) is 5.17 Å². The lowest BCUT2D eigenvalue weighted by molar-refractivity contribution is 0.117. The Balaban J connectivity index is 1.52. The molecule has 166 valence electrons. The van der Waals surface area contributed by atoms with Crippen molar-refractivity contribution in [2.45, 2.75) is 50.9 Å². The predicted octanol–water partition coefficient (Wildman–Crippen LogP) is 5.50. The Morgan fingerprint density at radius 3 is 2.84 bits per heavy atom. The van der Waals surface area contributed by atoms with Gasteiger partial charge < -0.3 is 14.4 Å². The highest BCUT2D eigenvalue weighted by Gasteiger charge is 2.26. The largest absolute Gasteiger partial charge is 0.496 e. The lowest BCUT2D eigenvalue weighted by Gasteiger charge is -2.31. The number of hydrogen-bond donors (Lipinski definition) is 0. The van der Waals surface area contributed by atoms with Gasteiger partial charge in [0.2, 0.25) is 0 Å². The summed E-state index contributed by atoms with van der Waals surface area (Å²) in [6.07, 6.45) is 2.45. The van der Waals surface area contributed by atoms with E-state index in [-0.39, 0.29) is 6.10 Å². The quantitative estimate of drug-likeness (QED) is 0.517. The van der Waals surface area contributed by atoms with Gasteiger partial charge in [-0.25, -0.2) is 4.98 Å². The molecule has 1 aromatic heterocycles. The average molecular weight is 448 g/mol. The van der Waals surface area contributed by atoms with E-state index in [0.717, 1.165) is 59.6 Å². The number of rotatable bonds is 5. The summed E-state index contributed by atoms with van der Waals surface area (Å²) < 4.78 is 11.4. The van der Waals surface area contributed by atoms with Crippen LogP contribution in [0.4, 0.5) is 0 Å². The van der Waals surface area contributed by atoms with Crippen molar-refractivity contribution < 1.29 is 9.47 Å². The number of para-hydroxylation sites is 1. The van der Waals surface area contributed by atoms with E-state index in [1.54, 1.807) is 18.9 Å². The molecule has 0 bridgehead atoms. The molecular formula is C26H29N3O2S. The van der Waals surface area contributed by atoms with Crippen molar-refractivity contribution in [3.63, 3.8) is 0 Å². The van der Waals surface area contributed by atoms with E-state index < -0.39 is 0 Å². The van der Waals surface area contributed by atoms with Crippen molar-refractivity contribution in [1.82, 2.24) is 9.88 Å². The molecule has 2 aliphatic heterocycles. The highest BCUT2D eigenvalue weighted by molar-refractivity contribution is 8.13. The van der Waals surface area contributed by atoms with Gasteiger partial charge in [0.05, 0.1) is 25.3 Å². The molecule has 2 aromatic carbocycles. The van der Waals surface area contributed by atoms with Gasteiger partial charge in [-0.1, -0.05) is 30.3 Å². The smallest absolute Gasteiger partial charge is 0.166 e. The highest BCUT2D eigenvalue weighted by atomic mass is 32.2. The van der Waals surface area contributed by atoms with Gasteiger partial charge in [0, 0.05) is 36.2 Å². The Kier molecular flexibility index (Phi) is 6.07. The normalized spacial score (nSPS) is 19.5. The third-order valence-electron chi connectivity index (χ3n) is 6.27. The summed E-state index contributed by atoms with van der Waals surface area (Å²) in [6, 6.07) is 14.9. The molecular weight excluding hydrogens is 418 g/mol. The van der Waals surface area contributed by atoms with Crippen LogP contribution in [0, 0.1) is 13.8 Å². The maximum absolute atomic E-state index is 5.82. The highest BCUT2D eigenvalue weighted by Crippen LogP contribution is 2.36. The van der Waals surface area contributed by atoms with Crippen LogP contribution in [-0.4, -0.2) is 41.4 Å². The molecule has 1 unspecified atom stereocenters. The molecule has 6 heteroatoms. The predicted molar refractivity (Wildman–Crippen MR) is 131 cm³/mol. The second kappa shape index (κ2) is 9.12. The summed E-state index contributed by atoms with van der Waals surface area (Å²) in [5.41, 5.74) is 5.98. The maximum Gasteiger partial charge on any atom is 0.166 e. The first-order valence-electron chi connectivity index (χ1n) is 11.2. The van der Waals surface area contributed by atoms with Crippen LogP contribution in [-0.2, 0) is 17.8 Å². The monoisotopic (exact) mass is 447 g/mol. The topological polar surface area (TPSA) is 47.0 Å². The number of benzene rings is 2. The fourth-order valence-corrected chi connectivity index (χ4v) is 5.41. The Morgan fingerprint density at radius 1 is 1.19 bits per heavy atom. The van der Waals surface area contributed by atoms with Gasteiger partial charge in [-0.2, -0.15) is 0 Å². The SMILES string of the molecule is COc1ccccc1CN1Cc2cc3c(C)ccc(C)c3nc2SC1=NCC1CCCO1. The Hall–Kier alpha value is -2.57. The third kappa shape index (κ3) is 4.21. The van der Waals surface area contributed by atoms with Crippen molar-refractivity contribution in [1.29, 1.82) is 0 Å². The number of amidine groups is 1. The first-order chi connectivity index (χ1) is 15.6. The second-order valence-electron chi connectivity index (χ2n) is 8.58. The molecule has 5 rings (SSSR count). The molecule has 3 heterocycles. The van der Waals surface area contributed by atoms with Crippen molar-refractivity contribution in [3.8, 4) is 5.75 Å². The van der Waals surface area contributed by atoms with Crippen LogP contribution < -0.4 is 4.74 Å². The van der Waals surface area contributed by atoms with Gasteiger partial charge in [0.1, 0.15) is 10.8 Å². The summed E-state index contributed by atoms with van der Waals surface area (Å²) in [7, 11) is 1.73. The molecule has 1 fully saturated rings. The molecule has 0 spiro atoms. The number of aliphatic imine (C=N–C) groups is 1. The van der Waals surface area contributed by atoms with Crippen molar-refractivity contribution in [2.24, 2.45) is 4.99 Å². The number of ether oxygens (including phenoxy) is 2. The number of fused-ring (bicyclic) bond motifs is 2. The van der Waals surface area contributed by atoms with Crippen molar-refractivity contribution >= 4 is 27.8 Å². The average Bonchev–Trinajstić information content (AvgIpc) is 3.33. The van der Waals surface area contributed by atoms with Gasteiger partial charge in [-0.15, -0.1) is 0 Å². The van der Waals surface area contributed by atoms with E-state index in [9.17, 15) is 0 Å². The summed E-state index contributed by atoms with van der Waals surface area (Å²) in [5.74, 6) is 0.907.